The minimum atomic E-state index is -1.95. The first-order chi connectivity index (χ1) is 16.1. The molecular weight excluding hydrogens is 525 g/mol. The van der Waals surface area contributed by atoms with Crippen LogP contribution in [-0.2, 0) is 4.79 Å². The van der Waals surface area contributed by atoms with Crippen LogP contribution < -0.4 is 15.5 Å². The van der Waals surface area contributed by atoms with Gasteiger partial charge in [-0.2, -0.15) is 0 Å². The molecule has 3 aromatic rings. The van der Waals surface area contributed by atoms with Crippen molar-refractivity contribution in [3.05, 3.63) is 72.5 Å². The fourth-order valence-corrected chi connectivity index (χ4v) is 4.29. The number of amides is 3. The van der Waals surface area contributed by atoms with Crippen molar-refractivity contribution in [1.29, 1.82) is 0 Å². The fourth-order valence-electron chi connectivity index (χ4n) is 3.77. The van der Waals surface area contributed by atoms with Gasteiger partial charge in [-0.05, 0) is 23.6 Å². The monoisotopic (exact) mass is 542 g/mol. The van der Waals surface area contributed by atoms with Gasteiger partial charge in [0, 0.05) is 18.1 Å². The van der Waals surface area contributed by atoms with Crippen LogP contribution in [0.4, 0.5) is 20.6 Å². The molecule has 0 spiro atoms. The van der Waals surface area contributed by atoms with E-state index in [9.17, 15) is 14.0 Å². The van der Waals surface area contributed by atoms with Crippen molar-refractivity contribution in [1.82, 2.24) is 10.2 Å². The molecule has 178 valence electrons. The molecule has 2 N–H and O–H groups in total. The van der Waals surface area contributed by atoms with Gasteiger partial charge in [-0.3, -0.25) is 19.9 Å². The zero-order chi connectivity index (χ0) is 24.6. The molecule has 34 heavy (non-hydrogen) atoms. The lowest BCUT2D eigenvalue weighted by Gasteiger charge is -2.34. The van der Waals surface area contributed by atoms with Gasteiger partial charge in [0.15, 0.2) is 6.17 Å². The van der Waals surface area contributed by atoms with Crippen molar-refractivity contribution >= 4 is 80.5 Å². The molecule has 1 heterocycles. The van der Waals surface area contributed by atoms with Crippen molar-refractivity contribution in [2.24, 2.45) is 0 Å². The molecule has 0 aliphatic carbocycles. The van der Waals surface area contributed by atoms with Gasteiger partial charge in [-0.25, -0.2) is 9.18 Å². The van der Waals surface area contributed by atoms with Crippen molar-refractivity contribution < 1.29 is 14.0 Å². The number of carbonyl (C=O) groups excluding carboxylic acids is 2. The van der Waals surface area contributed by atoms with Gasteiger partial charge in [0.1, 0.15) is 11.2 Å². The first kappa shape index (κ1) is 24.8. The number of halogens is 5. The molecule has 0 saturated carbocycles. The summed E-state index contributed by atoms with van der Waals surface area (Å²) >= 11 is 24.8. The minimum absolute atomic E-state index is 0.0772. The second kappa shape index (κ2) is 9.76. The van der Waals surface area contributed by atoms with Crippen molar-refractivity contribution in [2.45, 2.75) is 21.5 Å². The van der Waals surface area contributed by atoms with Crippen molar-refractivity contribution in [3.8, 4) is 0 Å². The Balaban J connectivity index is 1.74. The first-order valence-electron chi connectivity index (χ1n) is 10.2. The van der Waals surface area contributed by atoms with Crippen LogP contribution in [0.1, 0.15) is 0 Å². The van der Waals surface area contributed by atoms with Crippen molar-refractivity contribution in [2.75, 3.05) is 17.3 Å². The maximum atomic E-state index is 14.6. The number of fused-ring (bicyclic) bond motifs is 1. The number of nitrogens with one attached hydrogen (secondary N) is 2. The SMILES string of the molecule is CN1C(=O)C(NC(Nc2cccc3ccccc23)C(Cl)C(Cl)(Cl)Cl)N(c2ccccc2F)C1=O. The normalized spacial score (nSPS) is 18.5. The van der Waals surface area contributed by atoms with E-state index in [1.54, 1.807) is 12.1 Å². The molecule has 3 atom stereocenters. The fraction of sp³-hybridized carbons (Fsp3) is 0.217. The van der Waals surface area contributed by atoms with E-state index in [-0.39, 0.29) is 5.69 Å². The third kappa shape index (κ3) is 4.76. The Labute approximate surface area is 215 Å². The Kier molecular flexibility index (Phi) is 7.12. The number of imide groups is 1. The number of alkyl halides is 4. The maximum Gasteiger partial charge on any atom is 0.332 e. The summed E-state index contributed by atoms with van der Waals surface area (Å²) in [7, 11) is 1.31. The average Bonchev–Trinajstić information content (AvgIpc) is 3.01. The number of carbonyl (C=O) groups is 2. The molecule has 4 rings (SSSR count). The molecule has 1 aliphatic heterocycles. The quantitative estimate of drug-likeness (QED) is 0.237. The van der Waals surface area contributed by atoms with Gasteiger partial charge >= 0.3 is 6.03 Å². The molecule has 6 nitrogen and oxygen atoms in total. The van der Waals surface area contributed by atoms with Crippen LogP contribution in [0.2, 0.25) is 0 Å². The lowest BCUT2D eigenvalue weighted by atomic mass is 10.1. The highest BCUT2D eigenvalue weighted by molar-refractivity contribution is 6.70. The number of rotatable bonds is 6. The summed E-state index contributed by atoms with van der Waals surface area (Å²) in [6.45, 7) is 0. The molecule has 0 radical (unpaired) electrons. The number of benzene rings is 3. The van der Waals surface area contributed by atoms with Gasteiger partial charge in [0.2, 0.25) is 3.79 Å². The highest BCUT2D eigenvalue weighted by Gasteiger charge is 2.48. The molecule has 3 amide bonds. The molecule has 0 bridgehead atoms. The predicted molar refractivity (Wildman–Crippen MR) is 135 cm³/mol. The zero-order valence-electron chi connectivity index (χ0n) is 17.7. The van der Waals surface area contributed by atoms with E-state index in [4.69, 9.17) is 46.4 Å². The Hall–Kier alpha value is -2.29. The Bertz CT molecular complexity index is 1230. The second-order valence-electron chi connectivity index (χ2n) is 7.66. The van der Waals surface area contributed by atoms with Crippen LogP contribution in [0, 0.1) is 5.82 Å². The predicted octanol–water partition coefficient (Wildman–Crippen LogP) is 5.71. The van der Waals surface area contributed by atoms with Gasteiger partial charge in [-0.1, -0.05) is 83.3 Å². The van der Waals surface area contributed by atoms with Crippen LogP contribution in [0.3, 0.4) is 0 Å². The molecular formula is C23H19Cl4FN4O2. The number of likely N-dealkylation sites (N-methyl/N-ethyl adjacent to an activating group) is 1. The molecule has 11 heteroatoms. The third-order valence-electron chi connectivity index (χ3n) is 5.47. The minimum Gasteiger partial charge on any atom is -0.368 e. The van der Waals surface area contributed by atoms with Gasteiger partial charge in [0.25, 0.3) is 5.91 Å². The number of hydrogen-bond acceptors (Lipinski definition) is 4. The number of urea groups is 1. The maximum absolute atomic E-state index is 14.6. The lowest BCUT2D eigenvalue weighted by Crippen LogP contribution is -2.58. The summed E-state index contributed by atoms with van der Waals surface area (Å²) in [6, 6.07) is 18.1. The highest BCUT2D eigenvalue weighted by Crippen LogP contribution is 2.37. The van der Waals surface area contributed by atoms with Crippen LogP contribution in [0.15, 0.2) is 66.7 Å². The molecule has 3 aromatic carbocycles. The highest BCUT2D eigenvalue weighted by atomic mass is 35.6. The largest absolute Gasteiger partial charge is 0.368 e. The smallest absolute Gasteiger partial charge is 0.332 e. The Morgan fingerprint density at radius 3 is 2.32 bits per heavy atom. The lowest BCUT2D eigenvalue weighted by molar-refractivity contribution is -0.127. The van der Waals surface area contributed by atoms with Gasteiger partial charge in [-0.15, -0.1) is 11.6 Å². The van der Waals surface area contributed by atoms with Gasteiger partial charge < -0.3 is 5.32 Å². The topological polar surface area (TPSA) is 64.7 Å². The van der Waals surface area contributed by atoms with E-state index in [2.05, 4.69) is 10.6 Å². The van der Waals surface area contributed by atoms with Gasteiger partial charge in [0.05, 0.1) is 11.9 Å². The molecule has 0 aromatic heterocycles. The summed E-state index contributed by atoms with van der Waals surface area (Å²) in [5.74, 6) is -1.29. The van der Waals surface area contributed by atoms with E-state index in [0.717, 1.165) is 20.6 Å². The van der Waals surface area contributed by atoms with E-state index in [1.807, 2.05) is 36.4 Å². The number of para-hydroxylation sites is 1. The van der Waals surface area contributed by atoms with Crippen molar-refractivity contribution in [3.63, 3.8) is 0 Å². The van der Waals surface area contributed by atoms with E-state index in [1.165, 1.54) is 25.2 Å². The van der Waals surface area contributed by atoms with Crippen LogP contribution in [0.5, 0.6) is 0 Å². The standard InChI is InChI=1S/C23H19Cl4FN4O2/c1-31-21(33)20(32(22(31)34)17-12-5-4-10-15(17)28)30-19(18(24)23(25,26)27)29-16-11-6-8-13-7-2-3-9-14(13)16/h2-12,18-20,29-30H,1H3. The summed E-state index contributed by atoms with van der Waals surface area (Å²) in [6.07, 6.45) is -2.34. The summed E-state index contributed by atoms with van der Waals surface area (Å²) in [5, 5.41) is 6.78. The molecule has 1 aliphatic rings. The van der Waals surface area contributed by atoms with E-state index >= 15 is 0 Å². The second-order valence-corrected chi connectivity index (χ2v) is 10.5. The van der Waals surface area contributed by atoms with Crippen LogP contribution >= 0.6 is 46.4 Å². The third-order valence-corrected chi connectivity index (χ3v) is 7.09. The average molecular weight is 544 g/mol. The van der Waals surface area contributed by atoms with E-state index < -0.39 is 39.3 Å². The van der Waals surface area contributed by atoms with Crippen LogP contribution in [0.25, 0.3) is 10.8 Å². The zero-order valence-corrected chi connectivity index (χ0v) is 20.7. The molecule has 1 fully saturated rings. The number of hydrogen-bond donors (Lipinski definition) is 2. The molecule has 3 unspecified atom stereocenters. The summed E-state index contributed by atoms with van der Waals surface area (Å²) < 4.78 is 12.6. The molecule has 1 saturated heterocycles. The number of anilines is 2. The Morgan fingerprint density at radius 2 is 1.62 bits per heavy atom. The van der Waals surface area contributed by atoms with E-state index in [0.29, 0.717) is 5.69 Å². The summed E-state index contributed by atoms with van der Waals surface area (Å²) in [5.41, 5.74) is 0.574. The van der Waals surface area contributed by atoms with Crippen LogP contribution in [-0.4, -0.2) is 45.4 Å². The Morgan fingerprint density at radius 1 is 0.971 bits per heavy atom. The first-order valence-corrected chi connectivity index (χ1v) is 11.7. The summed E-state index contributed by atoms with van der Waals surface area (Å²) in [4.78, 5) is 27.7. The number of nitrogens with zero attached hydrogens (tertiary/aromatic N) is 2.